The van der Waals surface area contributed by atoms with Crippen molar-refractivity contribution in [2.45, 2.75) is 6.92 Å². The molecule has 1 aromatic heterocycles. The number of anilines is 1. The number of nitrogens with one attached hydrogen (secondary N) is 3. The van der Waals surface area contributed by atoms with Gasteiger partial charge in [-0.05, 0) is 18.2 Å². The highest BCUT2D eigenvalue weighted by atomic mass is 16.5. The summed E-state index contributed by atoms with van der Waals surface area (Å²) in [6.07, 6.45) is 0. The molecule has 6 nitrogen and oxygen atoms in total. The highest BCUT2D eigenvalue weighted by Crippen LogP contribution is 2.27. The highest BCUT2D eigenvalue weighted by Gasteiger charge is 2.32. The van der Waals surface area contributed by atoms with Crippen molar-refractivity contribution in [2.24, 2.45) is 5.41 Å². The minimum absolute atomic E-state index is 0.174. The standard InChI is InChI=1S/C13H15N3O3/c1-13(6-19-7-13)5-14-8-2-3-9-10(4-8)16-12(18)11(17)15-9/h2-4,14H,5-7H2,1H3,(H,15,17)(H,16,18). The topological polar surface area (TPSA) is 87.0 Å². The van der Waals surface area contributed by atoms with E-state index in [-0.39, 0.29) is 5.41 Å². The van der Waals surface area contributed by atoms with Crippen molar-refractivity contribution in [3.63, 3.8) is 0 Å². The maximum absolute atomic E-state index is 11.3. The number of benzene rings is 1. The number of H-pyrrole nitrogens is 2. The molecule has 0 aliphatic carbocycles. The number of aromatic nitrogens is 2. The van der Waals surface area contributed by atoms with Gasteiger partial charge < -0.3 is 20.0 Å². The van der Waals surface area contributed by atoms with Gasteiger partial charge in [-0.15, -0.1) is 0 Å². The van der Waals surface area contributed by atoms with Crippen LogP contribution in [-0.4, -0.2) is 29.7 Å². The van der Waals surface area contributed by atoms with Crippen molar-refractivity contribution in [1.29, 1.82) is 0 Å². The van der Waals surface area contributed by atoms with Crippen molar-refractivity contribution >= 4 is 16.7 Å². The average Bonchev–Trinajstić information content (AvgIpc) is 2.35. The Hall–Kier alpha value is -2.08. The number of ether oxygens (including phenoxy) is 1. The van der Waals surface area contributed by atoms with Crippen LogP contribution in [0.4, 0.5) is 5.69 Å². The molecule has 0 atom stereocenters. The summed E-state index contributed by atoms with van der Waals surface area (Å²) >= 11 is 0. The Morgan fingerprint density at radius 1 is 1.21 bits per heavy atom. The van der Waals surface area contributed by atoms with Crippen LogP contribution in [0.15, 0.2) is 27.8 Å². The quantitative estimate of drug-likeness (QED) is 0.708. The van der Waals surface area contributed by atoms with Crippen molar-refractivity contribution in [2.75, 3.05) is 25.1 Å². The normalized spacial score (nSPS) is 17.1. The first kappa shape index (κ1) is 12.0. The van der Waals surface area contributed by atoms with Crippen LogP contribution < -0.4 is 16.4 Å². The predicted octanol–water partition coefficient (Wildman–Crippen LogP) is 0.665. The number of rotatable bonds is 3. The van der Waals surface area contributed by atoms with Gasteiger partial charge in [-0.2, -0.15) is 0 Å². The second-order valence-corrected chi connectivity index (χ2v) is 5.33. The van der Waals surface area contributed by atoms with E-state index in [2.05, 4.69) is 22.2 Å². The average molecular weight is 261 g/mol. The number of aromatic amines is 2. The van der Waals surface area contributed by atoms with Gasteiger partial charge in [0.05, 0.1) is 24.2 Å². The summed E-state index contributed by atoms with van der Waals surface area (Å²) in [5.41, 5.74) is 1.05. The molecule has 2 aromatic rings. The van der Waals surface area contributed by atoms with Crippen LogP contribution >= 0.6 is 0 Å². The maximum Gasteiger partial charge on any atom is 0.314 e. The van der Waals surface area contributed by atoms with Gasteiger partial charge >= 0.3 is 11.1 Å². The zero-order chi connectivity index (χ0) is 13.5. The fraction of sp³-hybridized carbons (Fsp3) is 0.385. The van der Waals surface area contributed by atoms with Crippen LogP contribution in [0, 0.1) is 5.41 Å². The van der Waals surface area contributed by atoms with Crippen molar-refractivity contribution in [3.05, 3.63) is 38.9 Å². The molecule has 2 heterocycles. The lowest BCUT2D eigenvalue weighted by Crippen LogP contribution is -2.45. The second-order valence-electron chi connectivity index (χ2n) is 5.33. The van der Waals surface area contributed by atoms with E-state index in [1.54, 1.807) is 6.07 Å². The molecule has 1 aliphatic heterocycles. The van der Waals surface area contributed by atoms with Gasteiger partial charge in [-0.1, -0.05) is 6.92 Å². The van der Waals surface area contributed by atoms with E-state index >= 15 is 0 Å². The van der Waals surface area contributed by atoms with E-state index in [0.29, 0.717) is 11.0 Å². The lowest BCUT2D eigenvalue weighted by atomic mass is 9.89. The monoisotopic (exact) mass is 261 g/mol. The van der Waals surface area contributed by atoms with Crippen LogP contribution in [0.25, 0.3) is 11.0 Å². The second kappa shape index (κ2) is 4.24. The molecule has 0 spiro atoms. The summed E-state index contributed by atoms with van der Waals surface area (Å²) in [4.78, 5) is 27.6. The fourth-order valence-corrected chi connectivity index (χ4v) is 2.09. The van der Waals surface area contributed by atoms with Crippen LogP contribution in [-0.2, 0) is 4.74 Å². The molecule has 0 saturated carbocycles. The molecular formula is C13H15N3O3. The molecular weight excluding hydrogens is 246 g/mol. The summed E-state index contributed by atoms with van der Waals surface area (Å²) < 4.78 is 5.20. The molecule has 6 heteroatoms. The molecule has 0 radical (unpaired) electrons. The third-order valence-electron chi connectivity index (χ3n) is 3.34. The largest absolute Gasteiger partial charge is 0.384 e. The number of fused-ring (bicyclic) bond motifs is 1. The first-order chi connectivity index (χ1) is 9.06. The molecule has 1 saturated heterocycles. The molecule has 0 bridgehead atoms. The zero-order valence-corrected chi connectivity index (χ0v) is 10.6. The van der Waals surface area contributed by atoms with Crippen molar-refractivity contribution in [3.8, 4) is 0 Å². The first-order valence-corrected chi connectivity index (χ1v) is 6.14. The third-order valence-corrected chi connectivity index (χ3v) is 3.34. The van der Waals surface area contributed by atoms with Crippen molar-refractivity contribution in [1.82, 2.24) is 9.97 Å². The van der Waals surface area contributed by atoms with Crippen LogP contribution in [0.5, 0.6) is 0 Å². The van der Waals surface area contributed by atoms with Gasteiger partial charge in [0.1, 0.15) is 0 Å². The Morgan fingerprint density at radius 3 is 2.53 bits per heavy atom. The fourth-order valence-electron chi connectivity index (χ4n) is 2.09. The minimum atomic E-state index is -0.635. The van der Waals surface area contributed by atoms with Gasteiger partial charge in [0.25, 0.3) is 0 Å². The van der Waals surface area contributed by atoms with Gasteiger partial charge in [0, 0.05) is 17.6 Å². The van der Waals surface area contributed by atoms with Gasteiger partial charge in [-0.3, -0.25) is 9.59 Å². The molecule has 1 aromatic carbocycles. The molecule has 19 heavy (non-hydrogen) atoms. The Morgan fingerprint density at radius 2 is 1.89 bits per heavy atom. The van der Waals surface area contributed by atoms with E-state index in [1.807, 2.05) is 12.1 Å². The zero-order valence-electron chi connectivity index (χ0n) is 10.6. The van der Waals surface area contributed by atoms with E-state index in [1.165, 1.54) is 0 Å². The Bertz CT molecular complexity index is 728. The summed E-state index contributed by atoms with van der Waals surface area (Å²) in [6, 6.07) is 5.46. The molecule has 1 fully saturated rings. The Kier molecular flexibility index (Phi) is 2.67. The van der Waals surface area contributed by atoms with Crippen LogP contribution in [0.2, 0.25) is 0 Å². The van der Waals surface area contributed by atoms with E-state index in [0.717, 1.165) is 25.4 Å². The molecule has 0 amide bonds. The lowest BCUT2D eigenvalue weighted by molar-refractivity contribution is -0.0924. The van der Waals surface area contributed by atoms with Crippen molar-refractivity contribution < 1.29 is 4.74 Å². The molecule has 0 unspecified atom stereocenters. The van der Waals surface area contributed by atoms with Crippen LogP contribution in [0.3, 0.4) is 0 Å². The van der Waals surface area contributed by atoms with E-state index < -0.39 is 11.1 Å². The van der Waals surface area contributed by atoms with E-state index in [4.69, 9.17) is 4.74 Å². The van der Waals surface area contributed by atoms with Gasteiger partial charge in [0.2, 0.25) is 0 Å². The van der Waals surface area contributed by atoms with Crippen LogP contribution in [0.1, 0.15) is 6.92 Å². The lowest BCUT2D eigenvalue weighted by Gasteiger charge is -2.38. The number of hydrogen-bond donors (Lipinski definition) is 3. The molecule has 3 N–H and O–H groups in total. The SMILES string of the molecule is CC1(CNc2ccc3[nH]c(=O)c(=O)[nH]c3c2)COC1. The van der Waals surface area contributed by atoms with Gasteiger partial charge in [0.15, 0.2) is 0 Å². The highest BCUT2D eigenvalue weighted by molar-refractivity contribution is 5.78. The summed E-state index contributed by atoms with van der Waals surface area (Å²) in [6.45, 7) is 4.49. The predicted molar refractivity (Wildman–Crippen MR) is 72.6 cm³/mol. The third kappa shape index (κ3) is 2.26. The Labute approximate surface area is 108 Å². The summed E-state index contributed by atoms with van der Waals surface area (Å²) in [5.74, 6) is 0. The minimum Gasteiger partial charge on any atom is -0.384 e. The maximum atomic E-state index is 11.3. The summed E-state index contributed by atoms with van der Waals surface area (Å²) in [7, 11) is 0. The Balaban J connectivity index is 1.87. The first-order valence-electron chi connectivity index (χ1n) is 6.14. The van der Waals surface area contributed by atoms with Gasteiger partial charge in [-0.25, -0.2) is 0 Å². The van der Waals surface area contributed by atoms with E-state index in [9.17, 15) is 9.59 Å². The summed E-state index contributed by atoms with van der Waals surface area (Å²) in [5, 5.41) is 3.32. The molecule has 3 rings (SSSR count). The molecule has 100 valence electrons. The molecule has 1 aliphatic rings. The number of hydrogen-bond acceptors (Lipinski definition) is 4. The smallest absolute Gasteiger partial charge is 0.314 e.